The number of fused-ring (bicyclic) bond motifs is 1. The number of aromatic nitrogens is 2. The number of nitrogens with zero attached hydrogens (tertiary/aromatic N) is 2. The Morgan fingerprint density at radius 1 is 1.27 bits per heavy atom. The van der Waals surface area contributed by atoms with E-state index in [1.165, 1.54) is 35.6 Å². The number of esters is 1. The number of ether oxygens (including phenoxy) is 1. The van der Waals surface area contributed by atoms with Gasteiger partial charge in [0, 0.05) is 16.7 Å². The summed E-state index contributed by atoms with van der Waals surface area (Å²) in [5.74, 6) is -1.34. The van der Waals surface area contributed by atoms with Crippen LogP contribution in [0.1, 0.15) is 43.1 Å². The number of nitrogens with one attached hydrogen (secondary N) is 1. The Bertz CT molecular complexity index is 1160. The second-order valence-electron chi connectivity index (χ2n) is 7.09. The summed E-state index contributed by atoms with van der Waals surface area (Å²) in [6.45, 7) is 1.82. The fourth-order valence-corrected chi connectivity index (χ4v) is 4.59. The molecular weight excluding hydrogens is 409 g/mol. The first kappa shape index (κ1) is 20.2. The maximum absolute atomic E-state index is 13.3. The zero-order valence-corrected chi connectivity index (χ0v) is 17.1. The highest BCUT2D eigenvalue weighted by atomic mass is 32.1. The fourth-order valence-electron chi connectivity index (χ4n) is 3.65. The maximum Gasteiger partial charge on any atom is 0.359 e. The molecule has 0 unspecified atom stereocenters. The molecule has 1 N–H and O–H groups in total. The molecule has 0 aliphatic heterocycles. The van der Waals surface area contributed by atoms with E-state index < -0.39 is 17.3 Å². The van der Waals surface area contributed by atoms with Gasteiger partial charge in [0.1, 0.15) is 10.8 Å². The summed E-state index contributed by atoms with van der Waals surface area (Å²) in [6.07, 6.45) is 3.67. The minimum absolute atomic E-state index is 0.0339. The van der Waals surface area contributed by atoms with Gasteiger partial charge in [-0.1, -0.05) is 12.8 Å². The number of anilines is 1. The number of hydrogen-bond donors (Lipinski definition) is 1. The largest absolute Gasteiger partial charge is 0.461 e. The van der Waals surface area contributed by atoms with Gasteiger partial charge in [0.2, 0.25) is 5.91 Å². The lowest BCUT2D eigenvalue weighted by Gasteiger charge is -2.11. The van der Waals surface area contributed by atoms with Crippen molar-refractivity contribution in [1.82, 2.24) is 9.78 Å². The molecule has 1 aliphatic rings. The van der Waals surface area contributed by atoms with Crippen molar-refractivity contribution in [2.45, 2.75) is 32.6 Å². The Labute approximate surface area is 175 Å². The molecule has 1 aromatic carbocycles. The quantitative estimate of drug-likeness (QED) is 0.622. The summed E-state index contributed by atoms with van der Waals surface area (Å²) in [6, 6.07) is 5.20. The second kappa shape index (κ2) is 8.35. The van der Waals surface area contributed by atoms with Gasteiger partial charge in [-0.05, 0) is 44.0 Å². The number of benzene rings is 1. The van der Waals surface area contributed by atoms with Gasteiger partial charge >= 0.3 is 5.97 Å². The van der Waals surface area contributed by atoms with Crippen LogP contribution in [0.25, 0.3) is 16.5 Å². The number of amides is 1. The molecule has 1 aliphatic carbocycles. The average molecular weight is 429 g/mol. The molecule has 9 heteroatoms. The molecule has 0 saturated heterocycles. The van der Waals surface area contributed by atoms with Crippen LogP contribution in [0.2, 0.25) is 0 Å². The summed E-state index contributed by atoms with van der Waals surface area (Å²) in [4.78, 5) is 38.4. The molecule has 4 rings (SSSR count). The van der Waals surface area contributed by atoms with Crippen LogP contribution < -0.4 is 10.9 Å². The van der Waals surface area contributed by atoms with E-state index in [1.54, 1.807) is 12.3 Å². The highest BCUT2D eigenvalue weighted by molar-refractivity contribution is 7.16. The molecule has 3 aromatic rings. The number of carbonyl (C=O) groups excluding carboxylic acids is 2. The Kier molecular flexibility index (Phi) is 5.63. The van der Waals surface area contributed by atoms with E-state index in [4.69, 9.17) is 4.74 Å². The van der Waals surface area contributed by atoms with Gasteiger partial charge < -0.3 is 10.1 Å². The molecule has 30 heavy (non-hydrogen) atoms. The number of thiophene rings is 1. The summed E-state index contributed by atoms with van der Waals surface area (Å²) in [7, 11) is 0. The predicted octanol–water partition coefficient (Wildman–Crippen LogP) is 3.89. The highest BCUT2D eigenvalue weighted by Crippen LogP contribution is 2.33. The smallest absolute Gasteiger partial charge is 0.359 e. The van der Waals surface area contributed by atoms with Crippen LogP contribution in [0.4, 0.5) is 9.39 Å². The summed E-state index contributed by atoms with van der Waals surface area (Å²) >= 11 is 1.17. The zero-order chi connectivity index (χ0) is 21.3. The van der Waals surface area contributed by atoms with Crippen LogP contribution in [-0.4, -0.2) is 28.3 Å². The topological polar surface area (TPSA) is 90.3 Å². The van der Waals surface area contributed by atoms with Crippen LogP contribution >= 0.6 is 11.3 Å². The van der Waals surface area contributed by atoms with Gasteiger partial charge in [-0.15, -0.1) is 11.3 Å². The Hall–Kier alpha value is -3.07. The van der Waals surface area contributed by atoms with Crippen LogP contribution in [0.3, 0.4) is 0 Å². The molecule has 0 radical (unpaired) electrons. The van der Waals surface area contributed by atoms with Crippen molar-refractivity contribution in [3.63, 3.8) is 0 Å². The van der Waals surface area contributed by atoms with E-state index in [2.05, 4.69) is 10.4 Å². The maximum atomic E-state index is 13.3. The van der Waals surface area contributed by atoms with Gasteiger partial charge in [0.15, 0.2) is 5.69 Å². The van der Waals surface area contributed by atoms with Crippen LogP contribution in [0.5, 0.6) is 0 Å². The van der Waals surface area contributed by atoms with Crippen molar-refractivity contribution in [2.24, 2.45) is 5.92 Å². The summed E-state index contributed by atoms with van der Waals surface area (Å²) < 4.78 is 19.5. The average Bonchev–Trinajstić information content (AvgIpc) is 3.40. The SMILES string of the molecule is CCOC(=O)c1nn(-c2ccc(F)cc2)c(=O)c2c(NC(=O)C3CCCC3)scc12. The zero-order valence-electron chi connectivity index (χ0n) is 16.3. The predicted molar refractivity (Wildman–Crippen MR) is 112 cm³/mol. The van der Waals surface area contributed by atoms with E-state index in [0.29, 0.717) is 16.1 Å². The van der Waals surface area contributed by atoms with Crippen molar-refractivity contribution in [3.8, 4) is 5.69 Å². The standard InChI is InChI=1S/C21H20FN3O4S/c1-2-29-21(28)17-15-11-30-19(23-18(26)12-5-3-4-6-12)16(15)20(27)25(24-17)14-9-7-13(22)8-10-14/h7-12H,2-6H2,1H3,(H,23,26). The lowest BCUT2D eigenvalue weighted by atomic mass is 10.1. The number of rotatable bonds is 5. The van der Waals surface area contributed by atoms with Crippen LogP contribution in [-0.2, 0) is 9.53 Å². The molecule has 156 valence electrons. The number of halogens is 1. The normalized spacial score (nSPS) is 14.2. The molecule has 1 amide bonds. The Morgan fingerprint density at radius 2 is 1.97 bits per heavy atom. The Morgan fingerprint density at radius 3 is 2.63 bits per heavy atom. The van der Waals surface area contributed by atoms with E-state index in [-0.39, 0.29) is 29.5 Å². The van der Waals surface area contributed by atoms with Gasteiger partial charge in [0.25, 0.3) is 5.56 Å². The van der Waals surface area contributed by atoms with Gasteiger partial charge in [-0.2, -0.15) is 9.78 Å². The molecule has 7 nitrogen and oxygen atoms in total. The third-order valence-corrected chi connectivity index (χ3v) is 6.05. The molecule has 0 bridgehead atoms. The van der Waals surface area contributed by atoms with Crippen molar-refractivity contribution in [1.29, 1.82) is 0 Å². The molecule has 0 spiro atoms. The lowest BCUT2D eigenvalue weighted by molar-refractivity contribution is -0.119. The van der Waals surface area contributed by atoms with E-state index in [0.717, 1.165) is 30.4 Å². The third-order valence-electron chi connectivity index (χ3n) is 5.16. The van der Waals surface area contributed by atoms with Crippen molar-refractivity contribution >= 4 is 39.0 Å². The molecule has 1 fully saturated rings. The molecule has 1 saturated carbocycles. The number of hydrogen-bond acceptors (Lipinski definition) is 6. The molecular formula is C21H20FN3O4S. The first-order chi connectivity index (χ1) is 14.5. The van der Waals surface area contributed by atoms with E-state index in [9.17, 15) is 18.8 Å². The minimum Gasteiger partial charge on any atom is -0.461 e. The van der Waals surface area contributed by atoms with Crippen molar-refractivity contribution in [2.75, 3.05) is 11.9 Å². The second-order valence-corrected chi connectivity index (χ2v) is 7.97. The molecule has 0 atom stereocenters. The first-order valence-electron chi connectivity index (χ1n) is 9.78. The van der Waals surface area contributed by atoms with Gasteiger partial charge in [-0.3, -0.25) is 9.59 Å². The van der Waals surface area contributed by atoms with Crippen LogP contribution in [0.15, 0.2) is 34.4 Å². The fraction of sp³-hybridized carbons (Fsp3) is 0.333. The molecule has 2 aromatic heterocycles. The first-order valence-corrected chi connectivity index (χ1v) is 10.7. The van der Waals surface area contributed by atoms with Crippen molar-refractivity contribution in [3.05, 3.63) is 51.5 Å². The third kappa shape index (κ3) is 3.72. The monoisotopic (exact) mass is 429 g/mol. The van der Waals surface area contributed by atoms with Crippen LogP contribution in [0, 0.1) is 11.7 Å². The summed E-state index contributed by atoms with van der Waals surface area (Å²) in [5.41, 5.74) is -0.242. The lowest BCUT2D eigenvalue weighted by Crippen LogP contribution is -2.26. The van der Waals surface area contributed by atoms with Gasteiger partial charge in [0.05, 0.1) is 17.7 Å². The minimum atomic E-state index is -0.676. The van der Waals surface area contributed by atoms with E-state index >= 15 is 0 Å². The Balaban J connectivity index is 1.86. The van der Waals surface area contributed by atoms with E-state index in [1.807, 2.05) is 0 Å². The summed E-state index contributed by atoms with van der Waals surface area (Å²) in [5, 5.41) is 9.55. The molecule has 2 heterocycles. The van der Waals surface area contributed by atoms with Crippen molar-refractivity contribution < 1.29 is 18.7 Å². The van der Waals surface area contributed by atoms with Gasteiger partial charge in [-0.25, -0.2) is 9.18 Å². The highest BCUT2D eigenvalue weighted by Gasteiger charge is 2.26. The number of carbonyl (C=O) groups is 2.